The second-order valence-corrected chi connectivity index (χ2v) is 5.31. The second-order valence-electron chi connectivity index (χ2n) is 5.31. The van der Waals surface area contributed by atoms with Crippen LogP contribution in [0.15, 0.2) is 54.6 Å². The number of ether oxygens (including phenoxy) is 1. The van der Waals surface area contributed by atoms with E-state index in [0.717, 1.165) is 10.5 Å². The molecule has 0 aliphatic heterocycles. The van der Waals surface area contributed by atoms with Gasteiger partial charge in [-0.1, -0.05) is 30.3 Å². The average molecular weight is 344 g/mol. The van der Waals surface area contributed by atoms with Gasteiger partial charge in [-0.15, -0.1) is 0 Å². The smallest absolute Gasteiger partial charge is 0.408 e. The number of methoxy groups -OCH3 is 1. The highest BCUT2D eigenvalue weighted by Gasteiger charge is 2.29. The first-order chi connectivity index (χ1) is 12.0. The Kier molecular flexibility index (Phi) is 6.36. The molecule has 0 bridgehead atoms. The average Bonchev–Trinajstić information content (AvgIpc) is 2.63. The van der Waals surface area contributed by atoms with Crippen LogP contribution >= 0.6 is 0 Å². The number of hydrogen-bond donors (Lipinski definition) is 3. The minimum absolute atomic E-state index is 0.00255. The molecule has 2 aromatic rings. The van der Waals surface area contributed by atoms with E-state index < -0.39 is 24.6 Å². The van der Waals surface area contributed by atoms with E-state index in [0.29, 0.717) is 11.4 Å². The van der Waals surface area contributed by atoms with Gasteiger partial charge in [0.25, 0.3) is 0 Å². The van der Waals surface area contributed by atoms with Crippen molar-refractivity contribution in [2.75, 3.05) is 19.0 Å². The molecular formula is C18H20N2O5. The lowest BCUT2D eigenvalue weighted by Crippen LogP contribution is -2.48. The third-order valence-corrected chi connectivity index (χ3v) is 3.65. The van der Waals surface area contributed by atoms with Crippen LogP contribution in [-0.4, -0.2) is 46.9 Å². The van der Waals surface area contributed by atoms with Crippen molar-refractivity contribution in [3.8, 4) is 5.75 Å². The molecule has 0 aliphatic rings. The molecule has 0 radical (unpaired) electrons. The summed E-state index contributed by atoms with van der Waals surface area (Å²) in [4.78, 5) is 24.9. The molecule has 2 rings (SSSR count). The van der Waals surface area contributed by atoms with Crippen molar-refractivity contribution in [2.24, 2.45) is 0 Å². The Morgan fingerprint density at radius 2 is 1.76 bits per heavy atom. The van der Waals surface area contributed by atoms with Crippen molar-refractivity contribution in [3.05, 3.63) is 60.2 Å². The van der Waals surface area contributed by atoms with E-state index in [1.807, 2.05) is 6.07 Å². The molecule has 2 aromatic carbocycles. The third kappa shape index (κ3) is 4.95. The number of aliphatic hydroxyl groups excluding tert-OH is 1. The number of rotatable bonds is 7. The number of carboxylic acid groups (broad SMARTS) is 1. The van der Waals surface area contributed by atoms with Crippen molar-refractivity contribution in [1.82, 2.24) is 4.90 Å². The van der Waals surface area contributed by atoms with Gasteiger partial charge in [0.15, 0.2) is 0 Å². The van der Waals surface area contributed by atoms with Crippen LogP contribution < -0.4 is 10.1 Å². The molecule has 0 aromatic heterocycles. The maximum absolute atomic E-state index is 12.4. The summed E-state index contributed by atoms with van der Waals surface area (Å²) in [6.07, 6.45) is -1.28. The molecule has 1 atom stereocenters. The Morgan fingerprint density at radius 3 is 2.28 bits per heavy atom. The molecule has 0 fully saturated rings. The van der Waals surface area contributed by atoms with Crippen LogP contribution in [0.1, 0.15) is 5.56 Å². The number of carbonyl (C=O) groups excluding carboxylic acids is 1. The standard InChI is InChI=1S/C18H20N2O5/c1-25-15-9-7-14(8-10-15)19-17(22)16(12-21)20(18(23)24)11-13-5-3-2-4-6-13/h2-10,16,21H,11-12H2,1H3,(H,19,22)(H,23,24). The summed E-state index contributed by atoms with van der Waals surface area (Å²) in [5.41, 5.74) is 1.20. The maximum Gasteiger partial charge on any atom is 0.408 e. The molecule has 0 saturated carbocycles. The summed E-state index contributed by atoms with van der Waals surface area (Å²) in [7, 11) is 1.53. The molecule has 0 spiro atoms. The lowest BCUT2D eigenvalue weighted by atomic mass is 10.1. The first-order valence-electron chi connectivity index (χ1n) is 7.64. The first-order valence-corrected chi connectivity index (χ1v) is 7.64. The van der Waals surface area contributed by atoms with E-state index >= 15 is 0 Å². The maximum atomic E-state index is 12.4. The van der Waals surface area contributed by atoms with Gasteiger partial charge >= 0.3 is 6.09 Å². The van der Waals surface area contributed by atoms with E-state index in [4.69, 9.17) is 4.74 Å². The minimum atomic E-state index is -1.28. The lowest BCUT2D eigenvalue weighted by molar-refractivity contribution is -0.122. The lowest BCUT2D eigenvalue weighted by Gasteiger charge is -2.27. The zero-order chi connectivity index (χ0) is 18.2. The van der Waals surface area contributed by atoms with Crippen LogP contribution in [0.2, 0.25) is 0 Å². The van der Waals surface area contributed by atoms with Crippen LogP contribution in [-0.2, 0) is 11.3 Å². The fraction of sp³-hybridized carbons (Fsp3) is 0.222. The van der Waals surface area contributed by atoms with Crippen molar-refractivity contribution < 1.29 is 24.5 Å². The highest BCUT2D eigenvalue weighted by atomic mass is 16.5. The van der Waals surface area contributed by atoms with Gasteiger partial charge < -0.3 is 20.3 Å². The van der Waals surface area contributed by atoms with Crippen molar-refractivity contribution in [3.63, 3.8) is 0 Å². The van der Waals surface area contributed by atoms with E-state index in [-0.39, 0.29) is 6.54 Å². The minimum Gasteiger partial charge on any atom is -0.497 e. The largest absolute Gasteiger partial charge is 0.497 e. The van der Waals surface area contributed by atoms with Crippen LogP contribution in [0.3, 0.4) is 0 Å². The summed E-state index contributed by atoms with van der Waals surface area (Å²) >= 11 is 0. The second kappa shape index (κ2) is 8.70. The molecule has 7 nitrogen and oxygen atoms in total. The topological polar surface area (TPSA) is 99.1 Å². The SMILES string of the molecule is COc1ccc(NC(=O)C(CO)N(Cc2ccccc2)C(=O)O)cc1. The first kappa shape index (κ1) is 18.3. The molecule has 25 heavy (non-hydrogen) atoms. The predicted molar refractivity (Wildman–Crippen MR) is 92.5 cm³/mol. The third-order valence-electron chi connectivity index (χ3n) is 3.65. The highest BCUT2D eigenvalue weighted by Crippen LogP contribution is 2.16. The fourth-order valence-electron chi connectivity index (χ4n) is 2.31. The van der Waals surface area contributed by atoms with Gasteiger partial charge in [-0.3, -0.25) is 9.69 Å². The molecule has 0 saturated heterocycles. The van der Waals surface area contributed by atoms with E-state index in [9.17, 15) is 19.8 Å². The zero-order valence-corrected chi connectivity index (χ0v) is 13.8. The zero-order valence-electron chi connectivity index (χ0n) is 13.8. The van der Waals surface area contributed by atoms with Crippen molar-refractivity contribution >= 4 is 17.7 Å². The predicted octanol–water partition coefficient (Wildman–Crippen LogP) is 2.17. The Hall–Kier alpha value is -3.06. The van der Waals surface area contributed by atoms with Gasteiger partial charge in [-0.25, -0.2) is 4.79 Å². The number of carbonyl (C=O) groups is 2. The number of amides is 2. The number of benzene rings is 2. The van der Waals surface area contributed by atoms with Gasteiger partial charge in [-0.05, 0) is 29.8 Å². The van der Waals surface area contributed by atoms with E-state index in [1.54, 1.807) is 48.5 Å². The molecule has 2 amide bonds. The number of hydrogen-bond acceptors (Lipinski definition) is 4. The number of anilines is 1. The molecule has 1 unspecified atom stereocenters. The molecule has 0 aliphatic carbocycles. The van der Waals surface area contributed by atoms with E-state index in [1.165, 1.54) is 7.11 Å². The van der Waals surface area contributed by atoms with Gasteiger partial charge in [0.05, 0.1) is 13.7 Å². The Balaban J connectivity index is 2.12. The summed E-state index contributed by atoms with van der Waals surface area (Å²) in [5.74, 6) is 0.0268. The summed E-state index contributed by atoms with van der Waals surface area (Å²) in [5, 5.41) is 21.6. The van der Waals surface area contributed by atoms with Crippen LogP contribution in [0.4, 0.5) is 10.5 Å². The summed E-state index contributed by atoms with van der Waals surface area (Å²) in [6.45, 7) is -0.626. The molecule has 3 N–H and O–H groups in total. The molecule has 132 valence electrons. The number of nitrogens with zero attached hydrogens (tertiary/aromatic N) is 1. The number of aliphatic hydroxyl groups is 1. The normalized spacial score (nSPS) is 11.4. The summed E-state index contributed by atoms with van der Waals surface area (Å²) in [6, 6.07) is 14.3. The molecular weight excluding hydrogens is 324 g/mol. The molecule has 0 heterocycles. The van der Waals surface area contributed by atoms with Crippen molar-refractivity contribution in [2.45, 2.75) is 12.6 Å². The highest BCUT2D eigenvalue weighted by molar-refractivity contribution is 5.96. The van der Waals surface area contributed by atoms with Gasteiger partial charge in [0.1, 0.15) is 11.8 Å². The van der Waals surface area contributed by atoms with Gasteiger partial charge in [0, 0.05) is 12.2 Å². The van der Waals surface area contributed by atoms with E-state index in [2.05, 4.69) is 5.32 Å². The quantitative estimate of drug-likeness (QED) is 0.715. The van der Waals surface area contributed by atoms with Crippen LogP contribution in [0, 0.1) is 0 Å². The van der Waals surface area contributed by atoms with Crippen molar-refractivity contribution in [1.29, 1.82) is 0 Å². The Bertz CT molecular complexity index is 703. The Labute approximate surface area is 145 Å². The van der Waals surface area contributed by atoms with Gasteiger partial charge in [0.2, 0.25) is 5.91 Å². The fourth-order valence-corrected chi connectivity index (χ4v) is 2.31. The molecule has 7 heteroatoms. The Morgan fingerprint density at radius 1 is 1.12 bits per heavy atom. The van der Waals surface area contributed by atoms with Gasteiger partial charge in [-0.2, -0.15) is 0 Å². The monoisotopic (exact) mass is 344 g/mol. The van der Waals surface area contributed by atoms with Crippen LogP contribution in [0.25, 0.3) is 0 Å². The van der Waals surface area contributed by atoms with Crippen LogP contribution in [0.5, 0.6) is 5.75 Å². The summed E-state index contributed by atoms with van der Waals surface area (Å²) < 4.78 is 5.04. The number of nitrogens with one attached hydrogen (secondary N) is 1.